The molecule has 2 heterocycles. The fraction of sp³-hybridized carbons (Fsp3) is 0.400. The molecule has 1 unspecified atom stereocenters. The number of halogens is 6. The number of aliphatic carboxylic acids is 2. The van der Waals surface area contributed by atoms with Crippen molar-refractivity contribution in [2.75, 3.05) is 20.2 Å². The van der Waals surface area contributed by atoms with Crippen molar-refractivity contribution in [3.63, 3.8) is 0 Å². The minimum atomic E-state index is -5.19. The second kappa shape index (κ2) is 17.9. The fourth-order valence-corrected chi connectivity index (χ4v) is 5.63. The number of quaternary nitrogens is 2. The van der Waals surface area contributed by atoms with E-state index in [2.05, 4.69) is 9.71 Å². The summed E-state index contributed by atoms with van der Waals surface area (Å²) in [6.45, 7) is 2.99. The van der Waals surface area contributed by atoms with Gasteiger partial charge in [0, 0.05) is 24.1 Å². The summed E-state index contributed by atoms with van der Waals surface area (Å²) < 4.78 is 98.5. The van der Waals surface area contributed by atoms with E-state index in [0.717, 1.165) is 42.8 Å². The van der Waals surface area contributed by atoms with Crippen LogP contribution in [0.5, 0.6) is 5.75 Å². The molecule has 0 aliphatic carbocycles. The van der Waals surface area contributed by atoms with E-state index in [9.17, 15) is 39.6 Å². The van der Waals surface area contributed by atoms with Crippen LogP contribution >= 0.6 is 0 Å². The molecule has 0 saturated heterocycles. The minimum Gasteiger partial charge on any atom is -0.542 e. The van der Waals surface area contributed by atoms with Crippen molar-refractivity contribution in [1.82, 2.24) is 4.72 Å². The monoisotopic (exact) mass is 724 g/mol. The Morgan fingerprint density at radius 3 is 2.12 bits per heavy atom. The standard InChI is InChI=1S/C26H32N4O4S.2C2HF3O2/c1-19(31)9-5-3-8-12-22(26-27-18-23(28-26)20-10-6-4-7-11-20)29-35(32,33)21-13-14-24-25(17-21)34-16-15-30(24)2;2*3-2(4,5)1(6)7/h4,6-7,10-11,13-14,17-18,22,29H,3,5,8-9,12,15-16H2,1-2H3,(H,27,28);2*(H,6,7)/t22-;;/m0../s1. The number of carbonyl (C=O) groups excluding carboxylic acids is 3. The third-order valence-electron chi connectivity index (χ3n) is 6.86. The van der Waals surface area contributed by atoms with Gasteiger partial charge in [0.25, 0.3) is 0 Å². The van der Waals surface area contributed by atoms with Crippen LogP contribution in [0.1, 0.15) is 44.6 Å². The predicted octanol–water partition coefficient (Wildman–Crippen LogP) is -0.0171. The molecular formula is C30H34F6N4O8S. The van der Waals surface area contributed by atoms with E-state index in [0.29, 0.717) is 31.0 Å². The fourth-order valence-electron chi connectivity index (χ4n) is 4.37. The number of fused-ring (bicyclic) bond motifs is 1. The summed E-state index contributed by atoms with van der Waals surface area (Å²) in [5, 5.41) is 19.5. The molecule has 0 spiro atoms. The van der Waals surface area contributed by atoms with Crippen LogP contribution in [0, 0.1) is 0 Å². The second-order valence-corrected chi connectivity index (χ2v) is 12.4. The third kappa shape index (κ3) is 13.6. The number of carboxylic acids is 2. The third-order valence-corrected chi connectivity index (χ3v) is 8.33. The topological polar surface area (TPSA) is 186 Å². The zero-order valence-electron chi connectivity index (χ0n) is 26.2. The number of carboxylic acid groups (broad SMARTS) is 2. The van der Waals surface area contributed by atoms with Crippen molar-refractivity contribution in [1.29, 1.82) is 0 Å². The summed E-state index contributed by atoms with van der Waals surface area (Å²) >= 11 is 0. The summed E-state index contributed by atoms with van der Waals surface area (Å²) in [4.78, 5) is 34.8. The first-order valence-corrected chi connectivity index (χ1v) is 16.1. The number of ketones is 1. The molecule has 0 saturated carbocycles. The quantitative estimate of drug-likeness (QED) is 0.213. The highest BCUT2D eigenvalue weighted by Gasteiger charge is 2.32. The molecule has 49 heavy (non-hydrogen) atoms. The highest BCUT2D eigenvalue weighted by atomic mass is 32.2. The lowest BCUT2D eigenvalue weighted by Crippen LogP contribution is -3.05. The molecule has 2 aliphatic rings. The Kier molecular flexibility index (Phi) is 14.9. The number of rotatable bonds is 11. The summed E-state index contributed by atoms with van der Waals surface area (Å²) in [7, 11) is -1.76. The number of alkyl halides is 6. The highest BCUT2D eigenvalue weighted by molar-refractivity contribution is 7.89. The van der Waals surface area contributed by atoms with Crippen LogP contribution in [-0.4, -0.2) is 70.6 Å². The van der Waals surface area contributed by atoms with Crippen molar-refractivity contribution in [2.45, 2.75) is 62.3 Å². The van der Waals surface area contributed by atoms with Gasteiger partial charge in [0.05, 0.1) is 18.1 Å². The average molecular weight is 725 g/mol. The molecule has 0 fully saturated rings. The molecule has 4 N–H and O–H groups in total. The van der Waals surface area contributed by atoms with Gasteiger partial charge in [-0.2, -0.15) is 31.1 Å². The number of aliphatic imine (C=N–C) groups is 1. The van der Waals surface area contributed by atoms with Crippen molar-refractivity contribution in [3.05, 3.63) is 60.3 Å². The van der Waals surface area contributed by atoms with Gasteiger partial charge in [-0.1, -0.05) is 31.0 Å². The van der Waals surface area contributed by atoms with E-state index in [1.807, 2.05) is 48.8 Å². The van der Waals surface area contributed by atoms with Gasteiger partial charge in [0.1, 0.15) is 36.9 Å². The van der Waals surface area contributed by atoms with E-state index in [1.54, 1.807) is 25.3 Å². The maximum absolute atomic E-state index is 13.4. The van der Waals surface area contributed by atoms with Crippen molar-refractivity contribution >= 4 is 45.0 Å². The first kappa shape index (κ1) is 40.8. The SMILES string of the molecule is CC(=O)CCCCC[C@H](NS(=O)(=O)c1ccc2c(c1)OCC[NH+]2C)C1=NC=C(c2ccccc2)[NH2+]1.O=C([O-])C(F)(F)F.O=C([O-])C(F)(F)F. The van der Waals surface area contributed by atoms with Gasteiger partial charge in [0.2, 0.25) is 15.9 Å². The van der Waals surface area contributed by atoms with Crippen LogP contribution in [0.25, 0.3) is 5.70 Å². The molecular weight excluding hydrogens is 690 g/mol. The van der Waals surface area contributed by atoms with E-state index < -0.39 is 40.4 Å². The normalized spacial score (nSPS) is 16.3. The molecule has 4 rings (SSSR count). The number of sulfonamides is 1. The number of amidine groups is 1. The van der Waals surface area contributed by atoms with Crippen LogP contribution in [0.15, 0.2) is 64.6 Å². The molecule has 0 amide bonds. The van der Waals surface area contributed by atoms with Crippen molar-refractivity contribution in [3.8, 4) is 5.75 Å². The lowest BCUT2D eigenvalue weighted by molar-refractivity contribution is -0.814. The summed E-state index contributed by atoms with van der Waals surface area (Å²) in [6.07, 6.45) is -5.02. The van der Waals surface area contributed by atoms with Gasteiger partial charge in [-0.15, -0.1) is 0 Å². The van der Waals surface area contributed by atoms with Gasteiger partial charge in [-0.05, 0) is 38.0 Å². The lowest BCUT2D eigenvalue weighted by atomic mass is 10.1. The van der Waals surface area contributed by atoms with Gasteiger partial charge < -0.3 is 29.3 Å². The predicted molar refractivity (Wildman–Crippen MR) is 157 cm³/mol. The smallest absolute Gasteiger partial charge is 0.430 e. The number of nitrogens with two attached hydrogens (primary N) is 1. The molecule has 19 heteroatoms. The number of benzene rings is 2. The molecule has 0 bridgehead atoms. The number of ether oxygens (including phenoxy) is 1. The first-order chi connectivity index (χ1) is 22.7. The van der Waals surface area contributed by atoms with E-state index in [-0.39, 0.29) is 10.7 Å². The number of nitrogens with zero attached hydrogens (tertiary/aromatic N) is 1. The first-order valence-electron chi connectivity index (χ1n) is 14.6. The second-order valence-electron chi connectivity index (χ2n) is 10.7. The van der Waals surface area contributed by atoms with Gasteiger partial charge in [-0.3, -0.25) is 10.2 Å². The van der Waals surface area contributed by atoms with E-state index in [1.165, 1.54) is 4.90 Å². The van der Waals surface area contributed by atoms with Crippen LogP contribution in [0.3, 0.4) is 0 Å². The van der Waals surface area contributed by atoms with Crippen LogP contribution in [0.2, 0.25) is 0 Å². The number of carbonyl (C=O) groups is 3. The maximum atomic E-state index is 13.4. The number of unbranched alkanes of at least 4 members (excludes halogenated alkanes) is 2. The number of Topliss-reactive ketones (excluding diaryl/α,β-unsaturated/α-hetero) is 1. The number of hydrogen-bond acceptors (Lipinski definition) is 9. The zero-order valence-corrected chi connectivity index (χ0v) is 27.0. The molecule has 2 aliphatic heterocycles. The van der Waals surface area contributed by atoms with Crippen LogP contribution in [-0.2, 0) is 24.4 Å². The molecule has 2 aromatic rings. The van der Waals surface area contributed by atoms with Gasteiger partial charge in [-0.25, -0.2) is 13.4 Å². The largest absolute Gasteiger partial charge is 0.542 e. The molecule has 270 valence electrons. The van der Waals surface area contributed by atoms with Gasteiger partial charge in [0.15, 0.2) is 17.1 Å². The Bertz CT molecular complexity index is 1610. The zero-order chi connectivity index (χ0) is 37.0. The summed E-state index contributed by atoms with van der Waals surface area (Å²) in [5.74, 6) is -4.54. The number of hydrogen-bond donors (Lipinski definition) is 3. The Hall–Kier alpha value is -4.33. The Balaban J connectivity index is 0.000000500. The Morgan fingerprint density at radius 2 is 1.57 bits per heavy atom. The summed E-state index contributed by atoms with van der Waals surface area (Å²) in [6, 6.07) is 14.5. The Morgan fingerprint density at radius 1 is 0.980 bits per heavy atom. The minimum absolute atomic E-state index is 0.176. The summed E-state index contributed by atoms with van der Waals surface area (Å²) in [5.41, 5.74) is 2.95. The average Bonchev–Trinajstić information content (AvgIpc) is 3.51. The van der Waals surface area contributed by atoms with Crippen molar-refractivity contribution in [2.24, 2.45) is 4.99 Å². The maximum Gasteiger partial charge on any atom is 0.430 e. The molecule has 0 aromatic heterocycles. The van der Waals surface area contributed by atoms with Gasteiger partial charge >= 0.3 is 12.4 Å². The highest BCUT2D eigenvalue weighted by Crippen LogP contribution is 2.27. The van der Waals surface area contributed by atoms with E-state index >= 15 is 0 Å². The lowest BCUT2D eigenvalue weighted by Gasteiger charge is -2.23. The number of likely N-dealkylation sites (N-methyl/N-ethyl adjacent to an activating group) is 1. The number of nitrogens with one attached hydrogen (secondary N) is 2. The van der Waals surface area contributed by atoms with Crippen LogP contribution < -0.4 is 29.9 Å². The molecule has 2 aromatic carbocycles. The molecule has 2 atom stereocenters. The van der Waals surface area contributed by atoms with Crippen LogP contribution in [0.4, 0.5) is 32.0 Å². The van der Waals surface area contributed by atoms with Crippen molar-refractivity contribution < 1.29 is 74.3 Å². The molecule has 0 radical (unpaired) electrons. The Labute approximate surface area is 277 Å². The van der Waals surface area contributed by atoms with E-state index in [4.69, 9.17) is 24.5 Å². The molecule has 12 nitrogen and oxygen atoms in total.